The number of ether oxygens (including phenoxy) is 3. The number of halogens is 1. The van der Waals surface area contributed by atoms with Crippen molar-refractivity contribution < 1.29 is 36.6 Å². The van der Waals surface area contributed by atoms with E-state index in [0.717, 1.165) is 6.26 Å². The molecule has 0 bridgehead atoms. The molecule has 0 saturated heterocycles. The number of rotatable bonds is 9. The maximum absolute atomic E-state index is 15.9. The van der Waals surface area contributed by atoms with Gasteiger partial charge in [0.05, 0.1) is 17.4 Å². The number of hydrogen-bond acceptors (Lipinski definition) is 7. The van der Waals surface area contributed by atoms with Crippen LogP contribution in [0, 0.1) is 5.82 Å². The number of esters is 1. The van der Waals surface area contributed by atoms with Crippen LogP contribution in [0.1, 0.15) is 71.2 Å². The second-order valence-corrected chi connectivity index (χ2v) is 14.4. The van der Waals surface area contributed by atoms with E-state index in [1.807, 2.05) is 0 Å². The van der Waals surface area contributed by atoms with Crippen molar-refractivity contribution in [3.8, 4) is 16.9 Å². The summed E-state index contributed by atoms with van der Waals surface area (Å²) < 4.78 is 57.8. The summed E-state index contributed by atoms with van der Waals surface area (Å²) >= 11 is 0. The summed E-state index contributed by atoms with van der Waals surface area (Å²) in [5.41, 5.74) is 0.439. The average Bonchev–Trinajstić information content (AvgIpc) is 2.85. The molecule has 43 heavy (non-hydrogen) atoms. The van der Waals surface area contributed by atoms with Gasteiger partial charge in [-0.1, -0.05) is 36.4 Å². The molecule has 0 spiro atoms. The van der Waals surface area contributed by atoms with Crippen LogP contribution < -0.4 is 10.1 Å². The summed E-state index contributed by atoms with van der Waals surface area (Å²) in [7, 11) is -3.67. The van der Waals surface area contributed by atoms with Crippen LogP contribution >= 0.6 is 0 Å². The minimum atomic E-state index is -3.67. The molecular formula is C33H40FNO7S. The van der Waals surface area contributed by atoms with Gasteiger partial charge in [-0.15, -0.1) is 0 Å². The van der Waals surface area contributed by atoms with Gasteiger partial charge in [0.15, 0.2) is 9.84 Å². The highest BCUT2D eigenvalue weighted by Gasteiger charge is 2.22. The minimum Gasteiger partial charge on any atom is -0.489 e. The number of hydrogen-bond donors (Lipinski definition) is 1. The fraction of sp³-hybridized carbons (Fsp3) is 0.394. The van der Waals surface area contributed by atoms with Crippen LogP contribution in [0.2, 0.25) is 0 Å². The van der Waals surface area contributed by atoms with Crippen molar-refractivity contribution >= 4 is 21.9 Å². The third-order valence-electron chi connectivity index (χ3n) is 6.06. The first-order valence-corrected chi connectivity index (χ1v) is 15.8. The molecule has 10 heteroatoms. The lowest BCUT2D eigenvalue weighted by Gasteiger charge is -2.22. The first-order chi connectivity index (χ1) is 19.8. The smallest absolute Gasteiger partial charge is 0.408 e. The van der Waals surface area contributed by atoms with E-state index in [-0.39, 0.29) is 29.1 Å². The molecule has 0 aromatic heterocycles. The van der Waals surface area contributed by atoms with Crippen molar-refractivity contribution in [3.63, 3.8) is 0 Å². The maximum Gasteiger partial charge on any atom is 0.408 e. The molecule has 3 aromatic carbocycles. The fourth-order valence-corrected chi connectivity index (χ4v) is 4.97. The van der Waals surface area contributed by atoms with E-state index in [1.54, 1.807) is 97.0 Å². The Kier molecular flexibility index (Phi) is 10.3. The van der Waals surface area contributed by atoms with Gasteiger partial charge in [-0.05, 0) is 83.9 Å². The van der Waals surface area contributed by atoms with E-state index in [1.165, 1.54) is 12.1 Å². The Morgan fingerprint density at radius 2 is 1.56 bits per heavy atom. The summed E-state index contributed by atoms with van der Waals surface area (Å²) in [4.78, 5) is 24.7. The van der Waals surface area contributed by atoms with Crippen molar-refractivity contribution in [2.75, 3.05) is 6.26 Å². The molecule has 0 radical (unpaired) electrons. The lowest BCUT2D eigenvalue weighted by Crippen LogP contribution is -2.34. The van der Waals surface area contributed by atoms with Crippen LogP contribution in [0.4, 0.5) is 9.18 Å². The predicted octanol–water partition coefficient (Wildman–Crippen LogP) is 6.95. The number of carbonyl (C=O) groups is 2. The molecular weight excluding hydrogens is 573 g/mol. The summed E-state index contributed by atoms with van der Waals surface area (Å²) in [5, 5.41) is 2.64. The topological polar surface area (TPSA) is 108 Å². The zero-order valence-electron chi connectivity index (χ0n) is 25.9. The second-order valence-electron chi connectivity index (χ2n) is 12.4. The van der Waals surface area contributed by atoms with Crippen LogP contribution in [-0.2, 0) is 37.1 Å². The zero-order chi connectivity index (χ0) is 32.2. The Hall–Kier alpha value is -3.92. The monoisotopic (exact) mass is 613 g/mol. The predicted molar refractivity (Wildman–Crippen MR) is 163 cm³/mol. The minimum absolute atomic E-state index is 0.00429. The molecule has 1 amide bonds. The van der Waals surface area contributed by atoms with Crippen LogP contribution in [-0.4, -0.2) is 37.9 Å². The Labute approximate surface area is 253 Å². The van der Waals surface area contributed by atoms with Crippen LogP contribution in [0.15, 0.2) is 65.6 Å². The molecule has 3 rings (SSSR count). The van der Waals surface area contributed by atoms with Crippen molar-refractivity contribution in [3.05, 3.63) is 83.2 Å². The van der Waals surface area contributed by atoms with Crippen molar-refractivity contribution in [1.29, 1.82) is 0 Å². The molecule has 0 saturated carbocycles. The molecule has 0 aliphatic heterocycles. The Balaban J connectivity index is 1.92. The summed E-state index contributed by atoms with van der Waals surface area (Å²) in [6, 6.07) is 15.5. The van der Waals surface area contributed by atoms with Crippen molar-refractivity contribution in [2.24, 2.45) is 0 Å². The number of carbonyl (C=O) groups excluding carboxylic acids is 2. The summed E-state index contributed by atoms with van der Waals surface area (Å²) in [6.07, 6.45) is 0.387. The average molecular weight is 614 g/mol. The van der Waals surface area contributed by atoms with Gasteiger partial charge in [0, 0.05) is 22.9 Å². The SMILES string of the molecule is C[C@@H](NC(=O)OC(C)(C)C)c1cccc(-c2cc(COc3ccccc3CC(=O)OC(C)(C)C)cc(S(C)(=O)=O)c2)c1F. The van der Waals surface area contributed by atoms with E-state index < -0.39 is 45.0 Å². The maximum atomic E-state index is 15.9. The third-order valence-corrected chi connectivity index (χ3v) is 7.15. The zero-order valence-corrected chi connectivity index (χ0v) is 26.7. The molecule has 8 nitrogen and oxygen atoms in total. The molecule has 0 heterocycles. The molecule has 1 N–H and O–H groups in total. The Morgan fingerprint density at radius 1 is 0.907 bits per heavy atom. The fourth-order valence-electron chi connectivity index (χ4n) is 4.27. The number of amides is 1. The third kappa shape index (κ3) is 10.1. The van der Waals surface area contributed by atoms with E-state index >= 15 is 4.39 Å². The van der Waals surface area contributed by atoms with Crippen LogP contribution in [0.25, 0.3) is 11.1 Å². The molecule has 3 aromatic rings. The van der Waals surface area contributed by atoms with Crippen LogP contribution in [0.3, 0.4) is 0 Å². The molecule has 0 aliphatic carbocycles. The van der Waals surface area contributed by atoms with Gasteiger partial charge in [-0.2, -0.15) is 0 Å². The highest BCUT2D eigenvalue weighted by atomic mass is 32.2. The van der Waals surface area contributed by atoms with Crippen molar-refractivity contribution in [1.82, 2.24) is 5.32 Å². The van der Waals surface area contributed by atoms with Gasteiger partial charge in [0.25, 0.3) is 0 Å². The van der Waals surface area contributed by atoms with Gasteiger partial charge < -0.3 is 19.5 Å². The highest BCUT2D eigenvalue weighted by Crippen LogP contribution is 2.31. The summed E-state index contributed by atoms with van der Waals surface area (Å²) in [5.74, 6) is -0.572. The van der Waals surface area contributed by atoms with E-state index in [0.29, 0.717) is 22.4 Å². The first kappa shape index (κ1) is 33.6. The van der Waals surface area contributed by atoms with Crippen LogP contribution in [0.5, 0.6) is 5.75 Å². The number of para-hydroxylation sites is 1. The molecule has 0 fully saturated rings. The lowest BCUT2D eigenvalue weighted by atomic mass is 9.97. The number of nitrogens with one attached hydrogen (secondary N) is 1. The number of benzene rings is 3. The molecule has 0 aliphatic rings. The lowest BCUT2D eigenvalue weighted by molar-refractivity contribution is -0.153. The number of sulfone groups is 1. The van der Waals surface area contributed by atoms with Gasteiger partial charge >= 0.3 is 12.1 Å². The quantitative estimate of drug-likeness (QED) is 0.260. The molecule has 0 unspecified atom stereocenters. The van der Waals surface area contributed by atoms with E-state index in [9.17, 15) is 18.0 Å². The second kappa shape index (κ2) is 13.2. The van der Waals surface area contributed by atoms with Gasteiger partial charge in [-0.25, -0.2) is 17.6 Å². The van der Waals surface area contributed by atoms with Gasteiger partial charge in [0.2, 0.25) is 0 Å². The van der Waals surface area contributed by atoms with Gasteiger partial charge in [0.1, 0.15) is 29.4 Å². The molecule has 232 valence electrons. The highest BCUT2D eigenvalue weighted by molar-refractivity contribution is 7.90. The normalized spacial score (nSPS) is 12.8. The Bertz CT molecular complexity index is 1590. The first-order valence-electron chi connectivity index (χ1n) is 13.9. The standard InChI is InChI=1S/C33H40FNO7S/c1-21(35-31(37)42-33(5,6)7)26-13-11-14-27(30(26)34)24-16-22(17-25(18-24)43(8,38)39)20-40-28-15-10-9-12-23(28)19-29(36)41-32(2,3)4/h9-18,21H,19-20H2,1-8H3,(H,35,37)/t21-/m1/s1. The number of alkyl carbamates (subject to hydrolysis) is 1. The van der Waals surface area contributed by atoms with E-state index in [2.05, 4.69) is 5.32 Å². The Morgan fingerprint density at radius 3 is 2.19 bits per heavy atom. The largest absolute Gasteiger partial charge is 0.489 e. The van der Waals surface area contributed by atoms with E-state index in [4.69, 9.17) is 14.2 Å². The molecule has 1 atom stereocenters. The summed E-state index contributed by atoms with van der Waals surface area (Å²) in [6.45, 7) is 12.1. The van der Waals surface area contributed by atoms with Crippen molar-refractivity contribution in [2.45, 2.75) is 83.6 Å². The van der Waals surface area contributed by atoms with Gasteiger partial charge in [-0.3, -0.25) is 4.79 Å².